The maximum absolute atomic E-state index is 12.6. The summed E-state index contributed by atoms with van der Waals surface area (Å²) < 4.78 is 29.3. The first-order chi connectivity index (χ1) is 13.5. The molecular weight excluding hydrogens is 392 g/mol. The Morgan fingerprint density at radius 2 is 1.29 bits per heavy atom. The van der Waals surface area contributed by atoms with Crippen LogP contribution in [-0.4, -0.2) is 19.4 Å². The summed E-state index contributed by atoms with van der Waals surface area (Å²) in [5, 5.41) is 3.27. The van der Waals surface area contributed by atoms with Crippen molar-refractivity contribution in [3.8, 4) is 0 Å². The fourth-order valence-corrected chi connectivity index (χ4v) is 3.48. The number of para-hydroxylation sites is 1. The van der Waals surface area contributed by atoms with Crippen LogP contribution in [0, 0.1) is 0 Å². The third kappa shape index (κ3) is 5.38. The summed E-state index contributed by atoms with van der Waals surface area (Å²) >= 11 is 5.25. The standard InChI is InChI=1S/C20H18N4O2S2/c25-28(26,18-14-8-3-9-15-18)24-19(16-10-4-1-5-11-16)22-23-20(27)21-17-12-6-2-7-13-17/h1-15H,(H,22,24)(H2,21,23,27). The molecule has 0 aliphatic carbocycles. The van der Waals surface area contributed by atoms with Crippen LogP contribution in [-0.2, 0) is 10.0 Å². The van der Waals surface area contributed by atoms with Crippen LogP contribution in [0.1, 0.15) is 5.56 Å². The van der Waals surface area contributed by atoms with Gasteiger partial charge in [0.05, 0.1) is 4.90 Å². The lowest BCUT2D eigenvalue weighted by Crippen LogP contribution is -2.44. The first kappa shape index (κ1) is 19.5. The molecule has 0 amide bonds. The predicted octanol–water partition coefficient (Wildman–Crippen LogP) is 3.31. The second-order valence-corrected chi connectivity index (χ2v) is 7.68. The summed E-state index contributed by atoms with van der Waals surface area (Å²) in [6.45, 7) is 0. The highest BCUT2D eigenvalue weighted by Gasteiger charge is 2.15. The van der Waals surface area contributed by atoms with E-state index in [0.29, 0.717) is 5.56 Å². The van der Waals surface area contributed by atoms with Gasteiger partial charge in [-0.25, -0.2) is 0 Å². The summed E-state index contributed by atoms with van der Waals surface area (Å²) in [7, 11) is -3.89. The number of amidine groups is 1. The van der Waals surface area contributed by atoms with E-state index in [1.165, 1.54) is 12.1 Å². The minimum atomic E-state index is -3.89. The molecule has 0 radical (unpaired) electrons. The molecule has 0 spiro atoms. The van der Waals surface area contributed by atoms with Crippen molar-refractivity contribution in [3.05, 3.63) is 96.6 Å². The Balaban J connectivity index is 1.81. The molecule has 3 aromatic carbocycles. The summed E-state index contributed by atoms with van der Waals surface area (Å²) in [5.74, 6) is 0.127. The predicted molar refractivity (Wildman–Crippen MR) is 116 cm³/mol. The normalized spacial score (nSPS) is 11.5. The van der Waals surface area contributed by atoms with Crippen LogP contribution < -0.4 is 16.2 Å². The Morgan fingerprint density at radius 1 is 0.750 bits per heavy atom. The van der Waals surface area contributed by atoms with Crippen LogP contribution in [0.2, 0.25) is 0 Å². The highest BCUT2D eigenvalue weighted by molar-refractivity contribution is 7.90. The first-order valence-electron chi connectivity index (χ1n) is 8.38. The molecule has 0 fully saturated rings. The van der Waals surface area contributed by atoms with Crippen molar-refractivity contribution in [1.29, 1.82) is 0 Å². The van der Waals surface area contributed by atoms with Crippen molar-refractivity contribution < 1.29 is 8.42 Å². The smallest absolute Gasteiger partial charge is 0.284 e. The van der Waals surface area contributed by atoms with E-state index in [9.17, 15) is 8.42 Å². The van der Waals surface area contributed by atoms with Gasteiger partial charge in [0, 0.05) is 11.3 Å². The number of nitrogens with one attached hydrogen (secondary N) is 3. The zero-order valence-electron chi connectivity index (χ0n) is 14.7. The number of rotatable bonds is 4. The van der Waals surface area contributed by atoms with Crippen LogP contribution in [0.4, 0.5) is 5.69 Å². The molecular formula is C20H18N4O2S2. The molecule has 0 heterocycles. The van der Waals surface area contributed by atoms with Crippen molar-refractivity contribution >= 4 is 38.9 Å². The van der Waals surface area contributed by atoms with E-state index in [-0.39, 0.29) is 15.8 Å². The molecule has 28 heavy (non-hydrogen) atoms. The van der Waals surface area contributed by atoms with Gasteiger partial charge >= 0.3 is 0 Å². The Morgan fingerprint density at radius 3 is 1.89 bits per heavy atom. The third-order valence-corrected chi connectivity index (χ3v) is 5.12. The monoisotopic (exact) mass is 410 g/mol. The Hall–Kier alpha value is -3.23. The lowest BCUT2D eigenvalue weighted by Gasteiger charge is -2.14. The largest absolute Gasteiger partial charge is 0.331 e. The zero-order valence-corrected chi connectivity index (χ0v) is 16.4. The van der Waals surface area contributed by atoms with E-state index in [4.69, 9.17) is 12.2 Å². The minimum Gasteiger partial charge on any atom is -0.331 e. The molecule has 142 valence electrons. The van der Waals surface area contributed by atoms with Crippen LogP contribution in [0.5, 0.6) is 0 Å². The van der Waals surface area contributed by atoms with Crippen molar-refractivity contribution in [2.75, 3.05) is 5.32 Å². The van der Waals surface area contributed by atoms with E-state index >= 15 is 0 Å². The van der Waals surface area contributed by atoms with Gasteiger partial charge in [0.1, 0.15) is 0 Å². The number of anilines is 1. The molecule has 8 heteroatoms. The lowest BCUT2D eigenvalue weighted by atomic mass is 10.2. The SMILES string of the molecule is O=S(=O)(N=C(NNC(=S)Nc1ccccc1)c1ccccc1)c1ccccc1. The van der Waals surface area contributed by atoms with Gasteiger partial charge in [-0.05, 0) is 36.5 Å². The topological polar surface area (TPSA) is 82.6 Å². The lowest BCUT2D eigenvalue weighted by molar-refractivity contribution is 0.597. The first-order valence-corrected chi connectivity index (χ1v) is 10.2. The Labute approximate surface area is 169 Å². The molecule has 0 aromatic heterocycles. The van der Waals surface area contributed by atoms with Crippen molar-refractivity contribution in [1.82, 2.24) is 10.9 Å². The number of hydrogen-bond donors (Lipinski definition) is 3. The van der Waals surface area contributed by atoms with Gasteiger partial charge in [-0.3, -0.25) is 10.9 Å². The molecule has 3 N–H and O–H groups in total. The minimum absolute atomic E-state index is 0.107. The van der Waals surface area contributed by atoms with Gasteiger partial charge in [0.25, 0.3) is 10.0 Å². The summed E-state index contributed by atoms with van der Waals surface area (Å²) in [5.41, 5.74) is 6.98. The van der Waals surface area contributed by atoms with Crippen LogP contribution in [0.25, 0.3) is 0 Å². The number of hydrazine groups is 1. The van der Waals surface area contributed by atoms with Crippen molar-refractivity contribution in [2.24, 2.45) is 4.40 Å². The number of benzene rings is 3. The van der Waals surface area contributed by atoms with E-state index in [2.05, 4.69) is 20.6 Å². The second kappa shape index (κ2) is 9.12. The van der Waals surface area contributed by atoms with Gasteiger partial charge in [0.2, 0.25) is 0 Å². The van der Waals surface area contributed by atoms with Gasteiger partial charge < -0.3 is 5.32 Å². The molecule has 0 aliphatic rings. The summed E-state index contributed by atoms with van der Waals surface area (Å²) in [4.78, 5) is 0.107. The van der Waals surface area contributed by atoms with Gasteiger partial charge in [-0.1, -0.05) is 66.7 Å². The van der Waals surface area contributed by atoms with Gasteiger partial charge in [-0.15, -0.1) is 4.40 Å². The number of sulfonamides is 1. The summed E-state index contributed by atoms with van der Waals surface area (Å²) in [6, 6.07) is 26.3. The fourth-order valence-electron chi connectivity index (χ4n) is 2.31. The summed E-state index contributed by atoms with van der Waals surface area (Å²) in [6.07, 6.45) is 0. The Bertz CT molecular complexity index is 1060. The van der Waals surface area contributed by atoms with Crippen LogP contribution in [0.3, 0.4) is 0 Å². The molecule has 0 saturated heterocycles. The molecule has 3 aromatic rings. The molecule has 0 saturated carbocycles. The van der Waals surface area contributed by atoms with E-state index in [1.54, 1.807) is 42.5 Å². The average molecular weight is 411 g/mol. The molecule has 3 rings (SSSR count). The fraction of sp³-hybridized carbons (Fsp3) is 0. The highest BCUT2D eigenvalue weighted by atomic mass is 32.2. The molecule has 0 aliphatic heterocycles. The molecule has 0 bridgehead atoms. The number of thiocarbonyl (C=S) groups is 1. The van der Waals surface area contributed by atoms with Crippen molar-refractivity contribution in [2.45, 2.75) is 4.90 Å². The molecule has 0 unspecified atom stereocenters. The average Bonchev–Trinajstić information content (AvgIpc) is 2.73. The number of hydrogen-bond acceptors (Lipinski definition) is 3. The van der Waals surface area contributed by atoms with Gasteiger partial charge in [0.15, 0.2) is 10.9 Å². The van der Waals surface area contributed by atoms with E-state index in [0.717, 1.165) is 5.69 Å². The van der Waals surface area contributed by atoms with Crippen LogP contribution >= 0.6 is 12.2 Å². The second-order valence-electron chi connectivity index (χ2n) is 5.66. The maximum Gasteiger partial charge on any atom is 0.284 e. The van der Waals surface area contributed by atoms with E-state index in [1.807, 2.05) is 36.4 Å². The Kier molecular flexibility index (Phi) is 6.36. The van der Waals surface area contributed by atoms with Crippen molar-refractivity contribution in [3.63, 3.8) is 0 Å². The van der Waals surface area contributed by atoms with E-state index < -0.39 is 10.0 Å². The quantitative estimate of drug-likeness (QED) is 0.265. The molecule has 0 atom stereocenters. The van der Waals surface area contributed by atoms with Gasteiger partial charge in [-0.2, -0.15) is 8.42 Å². The van der Waals surface area contributed by atoms with Crippen LogP contribution in [0.15, 0.2) is 100 Å². The highest BCUT2D eigenvalue weighted by Crippen LogP contribution is 2.13. The maximum atomic E-state index is 12.6. The molecule has 6 nitrogen and oxygen atoms in total. The number of nitrogens with zero attached hydrogens (tertiary/aromatic N) is 1. The third-order valence-electron chi connectivity index (χ3n) is 3.63. The zero-order chi connectivity index (χ0) is 19.8.